The lowest BCUT2D eigenvalue weighted by Gasteiger charge is -2.30. The molecule has 0 radical (unpaired) electrons. The summed E-state index contributed by atoms with van der Waals surface area (Å²) in [7, 11) is 0. The molecule has 4 nitrogen and oxygen atoms in total. The van der Waals surface area contributed by atoms with E-state index in [2.05, 4.69) is 6.08 Å². The van der Waals surface area contributed by atoms with Gasteiger partial charge in [-0.25, -0.2) is 0 Å². The summed E-state index contributed by atoms with van der Waals surface area (Å²) in [6.07, 6.45) is 5.52. The Morgan fingerprint density at radius 3 is 1.68 bits per heavy atom. The van der Waals surface area contributed by atoms with E-state index in [1.54, 1.807) is 23.6 Å². The van der Waals surface area contributed by atoms with E-state index in [1.807, 2.05) is 68.5 Å². The third kappa shape index (κ3) is 4.22. The fraction of sp³-hybridized carbons (Fsp3) is 0.250. The lowest BCUT2D eigenvalue weighted by molar-refractivity contribution is -0.116. The van der Waals surface area contributed by atoms with E-state index in [9.17, 15) is 9.59 Å². The molecule has 2 amide bonds. The van der Waals surface area contributed by atoms with Crippen molar-refractivity contribution in [1.29, 1.82) is 0 Å². The molecule has 2 aromatic carbocycles. The van der Waals surface area contributed by atoms with Crippen LogP contribution in [0.3, 0.4) is 0 Å². The first kappa shape index (κ1) is 19.6. The standard InChI is InChI=1S/C24H26N2O2/c1-17-8-12-21(13-9-17)25(19(3)27)23-6-5-7-24(16-23)26(20(4)28)22-14-10-18(2)11-15-22/h6,8-16H,5,7H2,1-4H3. The van der Waals surface area contributed by atoms with Gasteiger partial charge in [0.2, 0.25) is 11.8 Å². The fourth-order valence-electron chi connectivity index (χ4n) is 3.45. The number of aryl methyl sites for hydroxylation is 2. The van der Waals surface area contributed by atoms with Crippen molar-refractivity contribution >= 4 is 23.2 Å². The monoisotopic (exact) mass is 374 g/mol. The molecule has 0 spiro atoms. The predicted molar refractivity (Wildman–Crippen MR) is 114 cm³/mol. The van der Waals surface area contributed by atoms with Crippen molar-refractivity contribution in [3.63, 3.8) is 0 Å². The second kappa shape index (κ2) is 8.26. The Labute approximate surface area is 166 Å². The summed E-state index contributed by atoms with van der Waals surface area (Å²) >= 11 is 0. The quantitative estimate of drug-likeness (QED) is 0.731. The van der Waals surface area contributed by atoms with E-state index in [0.29, 0.717) is 0 Å². The zero-order chi connectivity index (χ0) is 20.3. The molecule has 1 aliphatic rings. The number of allylic oxidation sites excluding steroid dienone is 3. The van der Waals surface area contributed by atoms with E-state index in [4.69, 9.17) is 0 Å². The number of benzene rings is 2. The minimum absolute atomic E-state index is 0.0407. The van der Waals surface area contributed by atoms with Crippen LogP contribution >= 0.6 is 0 Å². The highest BCUT2D eigenvalue weighted by atomic mass is 16.2. The average molecular weight is 374 g/mol. The average Bonchev–Trinajstić information content (AvgIpc) is 2.65. The molecule has 0 aromatic heterocycles. The van der Waals surface area contributed by atoms with Crippen molar-refractivity contribution < 1.29 is 9.59 Å². The van der Waals surface area contributed by atoms with Crippen molar-refractivity contribution in [1.82, 2.24) is 0 Å². The topological polar surface area (TPSA) is 40.6 Å². The Hall–Kier alpha value is -3.14. The highest BCUT2D eigenvalue weighted by molar-refractivity contribution is 5.97. The van der Waals surface area contributed by atoms with Crippen molar-refractivity contribution in [3.8, 4) is 0 Å². The van der Waals surface area contributed by atoms with Crippen molar-refractivity contribution in [2.75, 3.05) is 9.80 Å². The predicted octanol–water partition coefficient (Wildman–Crippen LogP) is 5.27. The molecule has 0 unspecified atom stereocenters. The zero-order valence-corrected chi connectivity index (χ0v) is 16.9. The smallest absolute Gasteiger partial charge is 0.228 e. The van der Waals surface area contributed by atoms with Crippen LogP contribution < -0.4 is 9.80 Å². The van der Waals surface area contributed by atoms with Crippen molar-refractivity contribution in [2.45, 2.75) is 40.5 Å². The summed E-state index contributed by atoms with van der Waals surface area (Å²) in [6.45, 7) is 7.17. The fourth-order valence-corrected chi connectivity index (χ4v) is 3.45. The Bertz CT molecular complexity index is 938. The third-order valence-corrected chi connectivity index (χ3v) is 4.83. The van der Waals surface area contributed by atoms with Crippen LogP contribution in [0.2, 0.25) is 0 Å². The first-order valence-corrected chi connectivity index (χ1v) is 9.52. The highest BCUT2D eigenvalue weighted by Crippen LogP contribution is 2.30. The molecule has 0 N–H and O–H groups in total. The van der Waals surface area contributed by atoms with Gasteiger partial charge in [-0.2, -0.15) is 0 Å². The molecule has 0 saturated heterocycles. The van der Waals surface area contributed by atoms with Crippen LogP contribution in [0.25, 0.3) is 0 Å². The third-order valence-electron chi connectivity index (χ3n) is 4.83. The van der Waals surface area contributed by atoms with Gasteiger partial charge in [0.05, 0.1) is 0 Å². The van der Waals surface area contributed by atoms with E-state index >= 15 is 0 Å². The summed E-state index contributed by atoms with van der Waals surface area (Å²) in [6, 6.07) is 15.8. The molecule has 0 aliphatic heterocycles. The molecule has 0 fully saturated rings. The molecule has 0 heterocycles. The van der Waals surface area contributed by atoms with Crippen LogP contribution in [0.1, 0.15) is 37.8 Å². The highest BCUT2D eigenvalue weighted by Gasteiger charge is 2.23. The Morgan fingerprint density at radius 1 is 0.750 bits per heavy atom. The molecule has 3 rings (SSSR count). The van der Waals surface area contributed by atoms with Crippen LogP contribution in [0.15, 0.2) is 72.1 Å². The molecule has 28 heavy (non-hydrogen) atoms. The van der Waals surface area contributed by atoms with Crippen LogP contribution in [0.5, 0.6) is 0 Å². The second-order valence-electron chi connectivity index (χ2n) is 7.18. The molecule has 144 valence electrons. The SMILES string of the molecule is CC(=O)N(C1=CCCC(N(C(C)=O)c2ccc(C)cc2)=C1)c1ccc(C)cc1. The van der Waals surface area contributed by atoms with Gasteiger partial charge < -0.3 is 0 Å². The minimum Gasteiger partial charge on any atom is -0.285 e. The van der Waals surface area contributed by atoms with Gasteiger partial charge in [-0.1, -0.05) is 41.5 Å². The van der Waals surface area contributed by atoms with Crippen molar-refractivity contribution in [3.05, 3.63) is 83.2 Å². The van der Waals surface area contributed by atoms with Crippen LogP contribution in [-0.2, 0) is 9.59 Å². The summed E-state index contributed by atoms with van der Waals surface area (Å²) in [5, 5.41) is 0. The number of nitrogens with zero attached hydrogens (tertiary/aromatic N) is 2. The summed E-state index contributed by atoms with van der Waals surface area (Å²) < 4.78 is 0. The maximum absolute atomic E-state index is 12.4. The Kier molecular flexibility index (Phi) is 5.78. The van der Waals surface area contributed by atoms with Gasteiger partial charge in [-0.3, -0.25) is 19.4 Å². The molecule has 4 heteroatoms. The number of hydrogen-bond donors (Lipinski definition) is 0. The maximum atomic E-state index is 12.4. The minimum atomic E-state index is -0.0580. The lowest BCUT2D eigenvalue weighted by atomic mass is 10.0. The summed E-state index contributed by atoms with van der Waals surface area (Å²) in [4.78, 5) is 28.3. The first-order chi connectivity index (χ1) is 13.4. The van der Waals surface area contributed by atoms with Crippen LogP contribution in [0, 0.1) is 13.8 Å². The van der Waals surface area contributed by atoms with Crippen LogP contribution in [0.4, 0.5) is 11.4 Å². The van der Waals surface area contributed by atoms with Gasteiger partial charge >= 0.3 is 0 Å². The van der Waals surface area contributed by atoms with Gasteiger partial charge in [-0.15, -0.1) is 0 Å². The van der Waals surface area contributed by atoms with Gasteiger partial charge in [-0.05, 0) is 57.0 Å². The lowest BCUT2D eigenvalue weighted by Crippen LogP contribution is -2.32. The molecule has 2 aromatic rings. The number of carbonyl (C=O) groups excluding carboxylic acids is 2. The number of hydrogen-bond acceptors (Lipinski definition) is 2. The normalized spacial score (nSPS) is 13.4. The number of amides is 2. The Morgan fingerprint density at radius 2 is 1.21 bits per heavy atom. The van der Waals surface area contributed by atoms with E-state index < -0.39 is 0 Å². The molecular formula is C24H26N2O2. The van der Waals surface area contributed by atoms with E-state index in [1.165, 1.54) is 0 Å². The van der Waals surface area contributed by atoms with E-state index in [-0.39, 0.29) is 11.8 Å². The van der Waals surface area contributed by atoms with Gasteiger partial charge in [0, 0.05) is 36.6 Å². The molecule has 0 bridgehead atoms. The molecule has 0 saturated carbocycles. The molecule has 0 atom stereocenters. The number of carbonyl (C=O) groups is 2. The van der Waals surface area contributed by atoms with Gasteiger partial charge in [0.1, 0.15) is 0 Å². The maximum Gasteiger partial charge on any atom is 0.228 e. The summed E-state index contributed by atoms with van der Waals surface area (Å²) in [5.74, 6) is -0.0987. The zero-order valence-electron chi connectivity index (χ0n) is 16.9. The number of rotatable bonds is 4. The van der Waals surface area contributed by atoms with Crippen LogP contribution in [-0.4, -0.2) is 11.8 Å². The second-order valence-corrected chi connectivity index (χ2v) is 7.18. The number of anilines is 2. The van der Waals surface area contributed by atoms with Gasteiger partial charge in [0.15, 0.2) is 0 Å². The van der Waals surface area contributed by atoms with Crippen molar-refractivity contribution in [2.24, 2.45) is 0 Å². The van der Waals surface area contributed by atoms with E-state index in [0.717, 1.165) is 46.7 Å². The van der Waals surface area contributed by atoms with Gasteiger partial charge in [0.25, 0.3) is 0 Å². The molecular weight excluding hydrogens is 348 g/mol. The Balaban J connectivity index is 1.99. The molecule has 1 aliphatic carbocycles. The first-order valence-electron chi connectivity index (χ1n) is 9.52. The largest absolute Gasteiger partial charge is 0.285 e. The summed E-state index contributed by atoms with van der Waals surface area (Å²) in [5.41, 5.74) is 5.65.